The predicted molar refractivity (Wildman–Crippen MR) is 82.4 cm³/mol. The number of pyridine rings is 1. The summed E-state index contributed by atoms with van der Waals surface area (Å²) in [6.07, 6.45) is 1.81. The van der Waals surface area contributed by atoms with Gasteiger partial charge in [-0.1, -0.05) is 34.1 Å². The van der Waals surface area contributed by atoms with Gasteiger partial charge >= 0.3 is 0 Å². The Balaban J connectivity index is 1.87. The van der Waals surface area contributed by atoms with Gasteiger partial charge in [0.1, 0.15) is 0 Å². The molecule has 1 unspecified atom stereocenters. The lowest BCUT2D eigenvalue weighted by atomic mass is 10.0. The van der Waals surface area contributed by atoms with E-state index < -0.39 is 6.10 Å². The summed E-state index contributed by atoms with van der Waals surface area (Å²) in [4.78, 5) is 4.36. The first kappa shape index (κ1) is 12.8. The predicted octanol–water partition coefficient (Wildman–Crippen LogP) is 4.33. The van der Waals surface area contributed by atoms with E-state index in [0.717, 1.165) is 25.8 Å². The van der Waals surface area contributed by atoms with Crippen LogP contribution in [0.1, 0.15) is 17.2 Å². The van der Waals surface area contributed by atoms with Crippen molar-refractivity contribution in [2.75, 3.05) is 0 Å². The zero-order valence-corrected chi connectivity index (χ0v) is 12.5. The van der Waals surface area contributed by atoms with Crippen LogP contribution in [-0.2, 0) is 6.42 Å². The molecule has 0 bridgehead atoms. The van der Waals surface area contributed by atoms with Crippen molar-refractivity contribution in [2.24, 2.45) is 0 Å². The maximum atomic E-state index is 10.3. The number of benzene rings is 1. The first-order chi connectivity index (χ1) is 9.24. The third kappa shape index (κ3) is 2.71. The van der Waals surface area contributed by atoms with Crippen LogP contribution in [0.3, 0.4) is 0 Å². The zero-order valence-electron chi connectivity index (χ0n) is 10.1. The van der Waals surface area contributed by atoms with Crippen molar-refractivity contribution in [3.63, 3.8) is 0 Å². The van der Waals surface area contributed by atoms with E-state index in [-0.39, 0.29) is 0 Å². The van der Waals surface area contributed by atoms with Crippen LogP contribution < -0.4 is 0 Å². The fourth-order valence-corrected chi connectivity index (χ4v) is 3.27. The van der Waals surface area contributed by atoms with Gasteiger partial charge in [-0.05, 0) is 29.1 Å². The molecule has 0 aliphatic rings. The standard InChI is InChI=1S/C15H12BrNOS/c16-12-4-2-1-3-10(12)7-14(18)11-8-15-13(17-9-11)5-6-19-15/h1-6,8-9,14,18H,7H2. The van der Waals surface area contributed by atoms with Crippen molar-refractivity contribution in [2.45, 2.75) is 12.5 Å². The molecule has 3 aromatic rings. The summed E-state index contributed by atoms with van der Waals surface area (Å²) in [5.41, 5.74) is 2.95. The van der Waals surface area contributed by atoms with Crippen molar-refractivity contribution in [1.29, 1.82) is 0 Å². The fourth-order valence-electron chi connectivity index (χ4n) is 2.03. The highest BCUT2D eigenvalue weighted by atomic mass is 79.9. The number of nitrogens with zero attached hydrogens (tertiary/aromatic N) is 1. The maximum absolute atomic E-state index is 10.3. The molecule has 1 atom stereocenters. The molecule has 96 valence electrons. The van der Waals surface area contributed by atoms with Gasteiger partial charge in [-0.15, -0.1) is 11.3 Å². The largest absolute Gasteiger partial charge is 0.388 e. The van der Waals surface area contributed by atoms with Crippen LogP contribution in [0.2, 0.25) is 0 Å². The number of hydrogen-bond donors (Lipinski definition) is 1. The Morgan fingerprint density at radius 2 is 2.11 bits per heavy atom. The fraction of sp³-hybridized carbons (Fsp3) is 0.133. The van der Waals surface area contributed by atoms with Crippen LogP contribution in [0.5, 0.6) is 0 Å². The van der Waals surface area contributed by atoms with Crippen LogP contribution in [0.25, 0.3) is 10.2 Å². The molecule has 2 aromatic heterocycles. The van der Waals surface area contributed by atoms with Crippen molar-refractivity contribution < 1.29 is 5.11 Å². The third-order valence-corrected chi connectivity index (χ3v) is 4.71. The summed E-state index contributed by atoms with van der Waals surface area (Å²) in [6.45, 7) is 0. The van der Waals surface area contributed by atoms with Gasteiger partial charge in [0.05, 0.1) is 16.3 Å². The molecule has 0 aliphatic heterocycles. The summed E-state index contributed by atoms with van der Waals surface area (Å²) in [7, 11) is 0. The number of hydrogen-bond acceptors (Lipinski definition) is 3. The van der Waals surface area contributed by atoms with Gasteiger partial charge in [0.2, 0.25) is 0 Å². The number of rotatable bonds is 3. The normalized spacial score (nSPS) is 12.7. The lowest BCUT2D eigenvalue weighted by Crippen LogP contribution is -2.02. The molecule has 2 nitrogen and oxygen atoms in total. The summed E-state index contributed by atoms with van der Waals surface area (Å²) in [5, 5.41) is 12.4. The van der Waals surface area contributed by atoms with Gasteiger partial charge in [0.25, 0.3) is 0 Å². The lowest BCUT2D eigenvalue weighted by molar-refractivity contribution is 0.178. The van der Waals surface area contributed by atoms with Crippen LogP contribution in [-0.4, -0.2) is 10.1 Å². The van der Waals surface area contributed by atoms with Crippen molar-refractivity contribution in [3.8, 4) is 0 Å². The minimum Gasteiger partial charge on any atom is -0.388 e. The van der Waals surface area contributed by atoms with Gasteiger partial charge in [-0.25, -0.2) is 0 Å². The van der Waals surface area contributed by atoms with Gasteiger partial charge in [-0.3, -0.25) is 4.98 Å². The Labute approximate surface area is 123 Å². The minimum atomic E-state index is -0.530. The Hall–Kier alpha value is -1.23. The van der Waals surface area contributed by atoms with E-state index in [1.54, 1.807) is 17.5 Å². The molecular formula is C15H12BrNOS. The van der Waals surface area contributed by atoms with Crippen LogP contribution in [0.15, 0.2) is 52.4 Å². The van der Waals surface area contributed by atoms with Gasteiger partial charge in [-0.2, -0.15) is 0 Å². The minimum absolute atomic E-state index is 0.530. The first-order valence-corrected chi connectivity index (χ1v) is 7.66. The van der Waals surface area contributed by atoms with Crippen molar-refractivity contribution in [3.05, 3.63) is 63.6 Å². The van der Waals surface area contributed by atoms with E-state index in [1.165, 1.54) is 0 Å². The molecule has 3 rings (SSSR count). The van der Waals surface area contributed by atoms with Crippen LogP contribution in [0.4, 0.5) is 0 Å². The Morgan fingerprint density at radius 1 is 1.26 bits per heavy atom. The average molecular weight is 334 g/mol. The number of thiophene rings is 1. The number of halogens is 1. The van der Waals surface area contributed by atoms with Crippen LogP contribution in [0, 0.1) is 0 Å². The molecule has 0 aliphatic carbocycles. The highest BCUT2D eigenvalue weighted by Crippen LogP contribution is 2.26. The van der Waals surface area contributed by atoms with Crippen molar-refractivity contribution in [1.82, 2.24) is 4.98 Å². The number of aromatic nitrogens is 1. The van der Waals surface area contributed by atoms with E-state index in [4.69, 9.17) is 0 Å². The molecular weight excluding hydrogens is 322 g/mol. The number of aliphatic hydroxyl groups is 1. The molecule has 0 saturated carbocycles. The molecule has 0 fully saturated rings. The zero-order chi connectivity index (χ0) is 13.2. The SMILES string of the molecule is OC(Cc1ccccc1Br)c1cnc2ccsc2c1. The van der Waals surface area contributed by atoms with Gasteiger partial charge in [0, 0.05) is 22.7 Å². The molecule has 0 saturated heterocycles. The topological polar surface area (TPSA) is 33.1 Å². The van der Waals surface area contributed by atoms with E-state index in [9.17, 15) is 5.11 Å². The molecule has 19 heavy (non-hydrogen) atoms. The van der Waals surface area contributed by atoms with E-state index in [0.29, 0.717) is 6.42 Å². The second kappa shape index (κ2) is 5.41. The lowest BCUT2D eigenvalue weighted by Gasteiger charge is -2.12. The maximum Gasteiger partial charge on any atom is 0.0846 e. The summed E-state index contributed by atoms with van der Waals surface area (Å²) < 4.78 is 2.14. The first-order valence-electron chi connectivity index (χ1n) is 5.98. The van der Waals surface area contributed by atoms with E-state index >= 15 is 0 Å². The Kier molecular flexibility index (Phi) is 3.64. The highest BCUT2D eigenvalue weighted by molar-refractivity contribution is 9.10. The van der Waals surface area contributed by atoms with Gasteiger partial charge < -0.3 is 5.11 Å². The van der Waals surface area contributed by atoms with Crippen molar-refractivity contribution >= 4 is 37.5 Å². The molecule has 4 heteroatoms. The molecule has 2 heterocycles. The molecule has 1 aromatic carbocycles. The summed E-state index contributed by atoms with van der Waals surface area (Å²) in [5.74, 6) is 0. The molecule has 0 radical (unpaired) electrons. The molecule has 0 amide bonds. The number of aliphatic hydroxyl groups excluding tert-OH is 1. The third-order valence-electron chi connectivity index (χ3n) is 3.08. The second-order valence-electron chi connectivity index (χ2n) is 4.38. The summed E-state index contributed by atoms with van der Waals surface area (Å²) >= 11 is 5.15. The molecule has 1 N–H and O–H groups in total. The Bertz CT molecular complexity index is 710. The molecule has 0 spiro atoms. The van der Waals surface area contributed by atoms with Crippen LogP contribution >= 0.6 is 27.3 Å². The van der Waals surface area contributed by atoms with E-state index in [1.807, 2.05) is 41.8 Å². The number of fused-ring (bicyclic) bond motifs is 1. The van der Waals surface area contributed by atoms with Gasteiger partial charge in [0.15, 0.2) is 0 Å². The second-order valence-corrected chi connectivity index (χ2v) is 6.19. The Morgan fingerprint density at radius 3 is 2.95 bits per heavy atom. The summed E-state index contributed by atoms with van der Waals surface area (Å²) in [6, 6.07) is 12.0. The highest BCUT2D eigenvalue weighted by Gasteiger charge is 2.12. The van der Waals surface area contributed by atoms with E-state index in [2.05, 4.69) is 20.9 Å². The monoisotopic (exact) mass is 333 g/mol. The average Bonchev–Trinajstić information content (AvgIpc) is 2.88. The quantitative estimate of drug-likeness (QED) is 0.773. The smallest absolute Gasteiger partial charge is 0.0846 e.